The van der Waals surface area contributed by atoms with Crippen molar-refractivity contribution in [2.24, 2.45) is 4.99 Å². The van der Waals surface area contributed by atoms with Crippen LogP contribution in [0.15, 0.2) is 96.4 Å². The van der Waals surface area contributed by atoms with Gasteiger partial charge in [-0.05, 0) is 71.5 Å². The van der Waals surface area contributed by atoms with E-state index in [0.717, 1.165) is 66.4 Å². The molecule has 0 spiro atoms. The molecule has 0 saturated heterocycles. The van der Waals surface area contributed by atoms with Crippen molar-refractivity contribution in [3.05, 3.63) is 97.7 Å². The van der Waals surface area contributed by atoms with Gasteiger partial charge in [0.1, 0.15) is 28.9 Å². The monoisotopic (exact) mass is 1530 g/mol. The minimum atomic E-state index is -4.71. The van der Waals surface area contributed by atoms with Crippen LogP contribution in [-0.2, 0) is 72.8 Å². The van der Waals surface area contributed by atoms with Crippen LogP contribution >= 0.6 is 42.3 Å². The Kier molecular flexibility index (Phi) is 33.0. The Morgan fingerprint density at radius 3 is 1.79 bits per heavy atom. The van der Waals surface area contributed by atoms with E-state index in [1.54, 1.807) is 19.4 Å². The van der Waals surface area contributed by atoms with Crippen molar-refractivity contribution in [3.63, 3.8) is 0 Å². The quantitative estimate of drug-likeness (QED) is 0.0149. The highest BCUT2D eigenvalue weighted by Gasteiger charge is 2.30. The Morgan fingerprint density at radius 1 is 0.794 bits per heavy atom. The third-order valence-corrected chi connectivity index (χ3v) is 18.0. The van der Waals surface area contributed by atoms with Gasteiger partial charge in [0.2, 0.25) is 40.2 Å². The van der Waals surface area contributed by atoms with Crippen LogP contribution in [0, 0.1) is 5.82 Å². The number of nitrogens with zero attached hydrogens (tertiary/aromatic N) is 8. The molecule has 4 amide bonds. The molecule has 35 nitrogen and oxygen atoms in total. The molecule has 8 N–H and O–H groups in total. The van der Waals surface area contributed by atoms with Crippen LogP contribution in [0.5, 0.6) is 23.5 Å². The fraction of sp³-hybridized carbons (Fsp3) is 0.347. The van der Waals surface area contributed by atoms with Crippen molar-refractivity contribution in [2.75, 3.05) is 75.1 Å². The molecule has 0 aliphatic carbocycles. The number of methoxy groups -OCH3 is 3. The Labute approximate surface area is 563 Å². The molecule has 4 aromatic heterocycles. The smallest absolute Gasteiger partial charge is 0.388 e. The van der Waals surface area contributed by atoms with Gasteiger partial charge in [-0.2, -0.15) is 45.9 Å². The number of thioether (sulfide) groups is 1. The molecule has 97 heavy (non-hydrogen) atoms. The Balaban J connectivity index is 0.000000345. The molecule has 1 aliphatic rings. The first-order valence-corrected chi connectivity index (χ1v) is 37.2. The van der Waals surface area contributed by atoms with E-state index < -0.39 is 137 Å². The summed E-state index contributed by atoms with van der Waals surface area (Å²) in [5.74, 6) is -7.07. The second-order valence-corrected chi connectivity index (χ2v) is 30.1. The topological polar surface area (TPSA) is 499 Å². The van der Waals surface area contributed by atoms with Crippen molar-refractivity contribution in [2.45, 2.75) is 65.8 Å². The zero-order valence-electron chi connectivity index (χ0n) is 51.0. The lowest BCUT2D eigenvalue weighted by atomic mass is 10.2. The fourth-order valence-corrected chi connectivity index (χ4v) is 12.7. The molecule has 5 heterocycles. The fourth-order valence-electron chi connectivity index (χ4n) is 6.62. The molecule has 1 atom stereocenters. The number of sulfonamides is 2. The molecule has 7 rings (SSSR count). The lowest BCUT2D eigenvalue weighted by Crippen LogP contribution is -2.36. The molecule has 0 bridgehead atoms. The number of carbonyl (C=O) groups is 5. The SMILES string of the molecule is CCS(=O)(=O)c1cccnc1S(=O)(=O)NC(=O)Nc1nc(OC)cc(OC)n1.COC(=O)CSc1cc(/N=c2\sc(=O)n3n2CCCC3)c(F)cc1Cl.C[S+](C)C.O=C(Nc1nc(OC(F)F)cc(OC(F)F)n1)NS(=O)(=O)c1ccccc1C(=O)O.O=C(O)CNCP(=O)([O-])O. The highest BCUT2D eigenvalue weighted by molar-refractivity contribution is 8.00. The number of carboxylic acids is 2. The highest BCUT2D eigenvalue weighted by Crippen LogP contribution is 2.34. The van der Waals surface area contributed by atoms with Crippen LogP contribution in [0.4, 0.5) is 49.1 Å². The Bertz CT molecular complexity index is 4240. The number of rotatable bonds is 23. The number of carbonyl (C=O) groups excluding carboxylic acids is 3. The molecular weight excluding hydrogens is 1480 g/mol. The summed E-state index contributed by atoms with van der Waals surface area (Å²) in [5.41, 5.74) is -0.562. The van der Waals surface area contributed by atoms with Crippen molar-refractivity contribution >= 4 is 131 Å². The predicted octanol–water partition coefficient (Wildman–Crippen LogP) is 3.53. The van der Waals surface area contributed by atoms with Crippen LogP contribution in [0.1, 0.15) is 30.1 Å². The van der Waals surface area contributed by atoms with E-state index in [-0.39, 0.29) is 44.8 Å². The van der Waals surface area contributed by atoms with E-state index in [1.807, 2.05) is 5.32 Å². The molecule has 6 aromatic rings. The number of amides is 4. The predicted molar refractivity (Wildman–Crippen MR) is 335 cm³/mol. The number of aromatic nitrogens is 7. The van der Waals surface area contributed by atoms with Crippen molar-refractivity contribution in [3.8, 4) is 23.5 Å². The van der Waals surface area contributed by atoms with Crippen LogP contribution in [-0.4, -0.2) is 182 Å². The number of urea groups is 2. The van der Waals surface area contributed by atoms with E-state index in [0.29, 0.717) is 39.7 Å². The normalized spacial score (nSPS) is 12.6. The molecule has 0 radical (unpaired) electrons. The number of nitrogens with one attached hydrogen (secondary N) is 5. The highest BCUT2D eigenvalue weighted by atomic mass is 35.5. The maximum absolute atomic E-state index is 14.3. The van der Waals surface area contributed by atoms with Crippen molar-refractivity contribution in [1.82, 2.24) is 49.0 Å². The van der Waals surface area contributed by atoms with Gasteiger partial charge in [0.25, 0.3) is 20.0 Å². The number of alkyl halides is 4. The summed E-state index contributed by atoms with van der Waals surface area (Å²) in [4.78, 5) is 108. The number of esters is 1. The van der Waals surface area contributed by atoms with E-state index in [4.69, 9.17) is 36.2 Å². The minimum Gasteiger partial charge on any atom is -0.778 e. The van der Waals surface area contributed by atoms with Gasteiger partial charge in [0.15, 0.2) is 14.9 Å². The zero-order valence-corrected chi connectivity index (χ0v) is 57.6. The number of carboxylic acid groups (broad SMARTS) is 2. The summed E-state index contributed by atoms with van der Waals surface area (Å²) in [6, 6.07) is 8.34. The van der Waals surface area contributed by atoms with Crippen LogP contribution in [0.3, 0.4) is 0 Å². The number of pyridine rings is 1. The summed E-state index contributed by atoms with van der Waals surface area (Å²) in [5, 5.41) is 22.2. The number of ether oxygens (including phenoxy) is 5. The molecule has 1 unspecified atom stereocenters. The zero-order chi connectivity index (χ0) is 73.2. The summed E-state index contributed by atoms with van der Waals surface area (Å²) in [6.45, 7) is -4.62. The van der Waals surface area contributed by atoms with Gasteiger partial charge >= 0.3 is 48.1 Å². The van der Waals surface area contributed by atoms with Gasteiger partial charge in [0, 0.05) is 24.2 Å². The van der Waals surface area contributed by atoms with Gasteiger partial charge in [-0.1, -0.05) is 30.7 Å². The molecule has 0 saturated carbocycles. The first-order chi connectivity index (χ1) is 45.2. The average Bonchev–Trinajstić information content (AvgIpc) is 1.73. The second-order valence-electron chi connectivity index (χ2n) is 18.2. The van der Waals surface area contributed by atoms with E-state index >= 15 is 0 Å². The van der Waals surface area contributed by atoms with Crippen LogP contribution in [0.2, 0.25) is 5.02 Å². The molecule has 534 valence electrons. The number of hydrogen-bond donors (Lipinski definition) is 8. The molecular formula is C49H58ClF5N13O22PS6. The van der Waals surface area contributed by atoms with Gasteiger partial charge in [-0.3, -0.25) is 35.0 Å². The largest absolute Gasteiger partial charge is 0.778 e. The third-order valence-electron chi connectivity index (χ3n) is 10.5. The number of hydrogen-bond acceptors (Lipinski definition) is 28. The minimum absolute atomic E-state index is 0.0605. The first-order valence-electron chi connectivity index (χ1n) is 26.2. The third kappa shape index (κ3) is 28.7. The van der Waals surface area contributed by atoms with Gasteiger partial charge in [0.05, 0.1) is 87.2 Å². The van der Waals surface area contributed by atoms with Crippen LogP contribution in [0.25, 0.3) is 0 Å². The average molecular weight is 1530 g/mol. The van der Waals surface area contributed by atoms with Crippen molar-refractivity contribution < 1.29 is 119 Å². The first kappa shape index (κ1) is 82.9. The lowest BCUT2D eigenvalue weighted by molar-refractivity contribution is -0.193. The Morgan fingerprint density at radius 2 is 1.30 bits per heavy atom. The molecule has 2 aromatic carbocycles. The number of aromatic carboxylic acids is 1. The summed E-state index contributed by atoms with van der Waals surface area (Å²) in [7, 11) is -13.0. The van der Waals surface area contributed by atoms with Gasteiger partial charge < -0.3 is 48.2 Å². The van der Waals surface area contributed by atoms with Gasteiger partial charge in [-0.25, -0.2) is 59.7 Å². The summed E-state index contributed by atoms with van der Waals surface area (Å²) >= 11 is 8.17. The summed E-state index contributed by atoms with van der Waals surface area (Å²) < 4.78 is 176. The maximum Gasteiger partial charge on any atom is 0.388 e. The number of anilines is 2. The van der Waals surface area contributed by atoms with Crippen molar-refractivity contribution in [1.29, 1.82) is 0 Å². The Hall–Kier alpha value is -8.34. The second kappa shape index (κ2) is 38.6. The van der Waals surface area contributed by atoms with E-state index in [2.05, 4.69) is 68.2 Å². The molecule has 0 fully saturated rings. The number of halogens is 6. The number of sulfone groups is 1. The molecule has 48 heteroatoms. The number of benzene rings is 2. The standard InChI is InChI=1S/C15H15ClFN3O3S2.C14H10F4N4O7S.C14H17N5O7S2.C3H8NO5P.C3H9S/c1-23-13(21)8-24-12-7-11(10(17)6-9(12)16)18-14-19-4-2-3-5-20(19)15(22)25-14;15-11(16)28-8-5-9(29-12(17)18)20-13(19-8)21-14(25)22-30(26,27)7-4-2-1-3-6(7)10(23)24;1-4-27(21,22)9-6-5-7-15-12(9)28(23,24)19-14(20)18-13-16-10(25-2)8-11(17-13)26-3;5-3(6)1-4-2-10(7,8)9;1-4(2)3/h6-7H,2-5,8H2,1H3;1-5,11-12H,(H,23,24)(H2,19,20,21,22,25);5-8H,4H2,1-3H3,(H2,16,17,18,19,20);4H,1-2H2,(H,5,6)(H2,7,8,9);1-3H3/q;;;;+1/p-1/b18-14-;;;;. The number of fused-ring (bicyclic) bond motifs is 1. The molecule has 1 aliphatic heterocycles. The van der Waals surface area contributed by atoms with Crippen LogP contribution < -0.4 is 58.9 Å². The maximum atomic E-state index is 14.3. The van der Waals surface area contributed by atoms with E-state index in [1.165, 1.54) is 63.3 Å². The van der Waals surface area contributed by atoms with Gasteiger partial charge in [-0.15, -0.1) is 11.8 Å². The van der Waals surface area contributed by atoms with E-state index in [9.17, 15) is 85.4 Å². The summed E-state index contributed by atoms with van der Waals surface area (Å²) in [6.07, 6.45) is 8.86. The lowest BCUT2D eigenvalue weighted by Gasteiger charge is -2.15. The number of aliphatic carboxylic acids is 1.